The number of aliphatic hydroxyl groups is 1. The number of hydrogen-bond donors (Lipinski definition) is 1. The Balaban J connectivity index is 0.00000243. The Labute approximate surface area is 167 Å². The Hall–Kier alpha value is -1.26. The molecule has 0 aromatic heterocycles. The summed E-state index contributed by atoms with van der Waals surface area (Å²) in [6.45, 7) is 2.07. The standard InChI is InChI=1S/C21H26ClNO2.ClH/c1-3-21(15-18(24)20(22)23(21)2)25-19-12-8-7-11-17(19)14-13-16-9-5-4-6-10-16;/h4-12,18,20,24H,3,13-15H2,1-2H3;1H. The molecule has 3 rings (SSSR count). The van der Waals surface area contributed by atoms with Crippen LogP contribution in [0, 0.1) is 0 Å². The first-order valence-electron chi connectivity index (χ1n) is 8.91. The predicted octanol–water partition coefficient (Wildman–Crippen LogP) is 4.64. The number of likely N-dealkylation sites (tertiary alicyclic amines) is 1. The molecule has 0 radical (unpaired) electrons. The van der Waals surface area contributed by atoms with Gasteiger partial charge < -0.3 is 9.84 Å². The molecule has 142 valence electrons. The largest absolute Gasteiger partial charge is 0.472 e. The number of aliphatic hydroxyl groups excluding tert-OH is 1. The monoisotopic (exact) mass is 395 g/mol. The van der Waals surface area contributed by atoms with Crippen LogP contribution >= 0.6 is 24.0 Å². The summed E-state index contributed by atoms with van der Waals surface area (Å²) in [5.41, 5.74) is 1.52. The van der Waals surface area contributed by atoms with E-state index in [1.807, 2.05) is 36.2 Å². The van der Waals surface area contributed by atoms with Crippen molar-refractivity contribution < 1.29 is 9.84 Å². The fourth-order valence-electron chi connectivity index (χ4n) is 3.57. The molecule has 3 atom stereocenters. The van der Waals surface area contributed by atoms with Crippen molar-refractivity contribution in [3.8, 4) is 5.75 Å². The van der Waals surface area contributed by atoms with Crippen molar-refractivity contribution in [2.75, 3.05) is 7.05 Å². The molecule has 2 aromatic carbocycles. The molecule has 2 aromatic rings. The lowest BCUT2D eigenvalue weighted by atomic mass is 10.0. The third kappa shape index (κ3) is 4.34. The second kappa shape index (κ2) is 9.09. The Morgan fingerprint density at radius 2 is 1.77 bits per heavy atom. The molecule has 0 saturated carbocycles. The van der Waals surface area contributed by atoms with Gasteiger partial charge in [0.05, 0.1) is 6.10 Å². The van der Waals surface area contributed by atoms with E-state index >= 15 is 0 Å². The number of halogens is 2. The van der Waals surface area contributed by atoms with Gasteiger partial charge in [0.2, 0.25) is 0 Å². The van der Waals surface area contributed by atoms with Gasteiger partial charge in [0.25, 0.3) is 0 Å². The SMILES string of the molecule is CCC1(Oc2ccccc2CCc2ccccc2)CC(O)C(Cl)N1C.Cl. The number of para-hydroxylation sites is 1. The van der Waals surface area contributed by atoms with Crippen molar-refractivity contribution in [1.82, 2.24) is 4.90 Å². The molecule has 1 aliphatic heterocycles. The maximum absolute atomic E-state index is 10.2. The van der Waals surface area contributed by atoms with Crippen molar-refractivity contribution in [2.45, 2.75) is 49.9 Å². The van der Waals surface area contributed by atoms with E-state index in [-0.39, 0.29) is 12.4 Å². The van der Waals surface area contributed by atoms with Crippen LogP contribution < -0.4 is 4.74 Å². The molecular formula is C21H27Cl2NO2. The van der Waals surface area contributed by atoms with Crippen LogP contribution in [0.2, 0.25) is 0 Å². The van der Waals surface area contributed by atoms with Crippen LogP contribution in [0.15, 0.2) is 54.6 Å². The number of benzene rings is 2. The van der Waals surface area contributed by atoms with Gasteiger partial charge in [-0.2, -0.15) is 0 Å². The molecule has 3 unspecified atom stereocenters. The second-order valence-corrected chi connectivity index (χ2v) is 7.20. The summed E-state index contributed by atoms with van der Waals surface area (Å²) in [6.07, 6.45) is 2.58. The van der Waals surface area contributed by atoms with Gasteiger partial charge in [0.1, 0.15) is 11.3 Å². The Morgan fingerprint density at radius 3 is 2.38 bits per heavy atom. The Bertz CT molecular complexity index is 697. The minimum atomic E-state index is -0.580. The van der Waals surface area contributed by atoms with E-state index in [0.29, 0.717) is 6.42 Å². The van der Waals surface area contributed by atoms with Crippen LogP contribution in [0.5, 0.6) is 5.75 Å². The van der Waals surface area contributed by atoms with Crippen LogP contribution in [0.3, 0.4) is 0 Å². The maximum atomic E-state index is 10.2. The first kappa shape index (κ1) is 21.0. The van der Waals surface area contributed by atoms with Gasteiger partial charge in [0, 0.05) is 6.42 Å². The van der Waals surface area contributed by atoms with Gasteiger partial charge in [-0.05, 0) is 43.5 Å². The molecular weight excluding hydrogens is 369 g/mol. The van der Waals surface area contributed by atoms with Crippen molar-refractivity contribution in [1.29, 1.82) is 0 Å². The van der Waals surface area contributed by atoms with E-state index in [1.54, 1.807) is 0 Å². The molecule has 3 nitrogen and oxygen atoms in total. The summed E-state index contributed by atoms with van der Waals surface area (Å²) in [7, 11) is 1.92. The lowest BCUT2D eigenvalue weighted by molar-refractivity contribution is -0.0511. The van der Waals surface area contributed by atoms with Gasteiger partial charge >= 0.3 is 0 Å². The fourth-order valence-corrected chi connectivity index (χ4v) is 3.84. The zero-order valence-electron chi connectivity index (χ0n) is 15.3. The molecule has 0 bridgehead atoms. The van der Waals surface area contributed by atoms with E-state index in [9.17, 15) is 5.11 Å². The van der Waals surface area contributed by atoms with Crippen LogP contribution in [0.25, 0.3) is 0 Å². The highest BCUT2D eigenvalue weighted by Crippen LogP contribution is 2.39. The van der Waals surface area contributed by atoms with E-state index in [1.165, 1.54) is 11.1 Å². The van der Waals surface area contributed by atoms with Crippen molar-refractivity contribution in [3.05, 3.63) is 65.7 Å². The third-order valence-corrected chi connectivity index (χ3v) is 5.79. The highest BCUT2D eigenvalue weighted by Gasteiger charge is 2.49. The van der Waals surface area contributed by atoms with E-state index in [4.69, 9.17) is 16.3 Å². The van der Waals surface area contributed by atoms with E-state index in [0.717, 1.165) is 25.0 Å². The highest BCUT2D eigenvalue weighted by molar-refractivity contribution is 6.20. The summed E-state index contributed by atoms with van der Waals surface area (Å²) in [5.74, 6) is 0.880. The quantitative estimate of drug-likeness (QED) is 0.570. The highest BCUT2D eigenvalue weighted by atomic mass is 35.5. The summed E-state index contributed by atoms with van der Waals surface area (Å²) < 4.78 is 6.47. The Morgan fingerprint density at radius 1 is 1.12 bits per heavy atom. The molecule has 0 aliphatic carbocycles. The molecule has 1 saturated heterocycles. The fraction of sp³-hybridized carbons (Fsp3) is 0.429. The van der Waals surface area contributed by atoms with Crippen molar-refractivity contribution in [2.24, 2.45) is 0 Å². The molecule has 1 aliphatic rings. The smallest absolute Gasteiger partial charge is 0.166 e. The van der Waals surface area contributed by atoms with Gasteiger partial charge in [-0.1, -0.05) is 55.5 Å². The summed E-state index contributed by atoms with van der Waals surface area (Å²) >= 11 is 6.32. The first-order valence-corrected chi connectivity index (χ1v) is 9.35. The van der Waals surface area contributed by atoms with Gasteiger partial charge in [0.15, 0.2) is 5.72 Å². The van der Waals surface area contributed by atoms with E-state index in [2.05, 4.69) is 37.3 Å². The zero-order chi connectivity index (χ0) is 17.9. The average Bonchev–Trinajstić information content (AvgIpc) is 2.86. The molecule has 5 heteroatoms. The van der Waals surface area contributed by atoms with Crippen LogP contribution in [0.1, 0.15) is 30.9 Å². The molecule has 1 heterocycles. The summed E-state index contributed by atoms with van der Waals surface area (Å²) in [5, 5.41) is 10.2. The van der Waals surface area contributed by atoms with Crippen LogP contribution in [0.4, 0.5) is 0 Å². The van der Waals surface area contributed by atoms with Gasteiger partial charge in [-0.15, -0.1) is 24.0 Å². The minimum Gasteiger partial charge on any atom is -0.472 e. The number of likely N-dealkylation sites (N-methyl/N-ethyl adjacent to an activating group) is 1. The normalized spacial score (nSPS) is 25.7. The molecule has 1 N–H and O–H groups in total. The number of aryl methyl sites for hydroxylation is 2. The number of ether oxygens (including phenoxy) is 1. The second-order valence-electron chi connectivity index (χ2n) is 6.75. The third-order valence-electron chi connectivity index (χ3n) is 5.21. The minimum absolute atomic E-state index is 0. The number of nitrogens with zero attached hydrogens (tertiary/aromatic N) is 1. The summed E-state index contributed by atoms with van der Waals surface area (Å²) in [4.78, 5) is 1.95. The average molecular weight is 396 g/mol. The van der Waals surface area contributed by atoms with Crippen LogP contribution in [-0.4, -0.2) is 34.4 Å². The van der Waals surface area contributed by atoms with Crippen molar-refractivity contribution in [3.63, 3.8) is 0 Å². The molecule has 26 heavy (non-hydrogen) atoms. The van der Waals surface area contributed by atoms with Gasteiger partial charge in [-0.25, -0.2) is 0 Å². The lowest BCUT2D eigenvalue weighted by Gasteiger charge is -2.37. The van der Waals surface area contributed by atoms with Crippen molar-refractivity contribution >= 4 is 24.0 Å². The number of hydrogen-bond acceptors (Lipinski definition) is 3. The molecule has 0 spiro atoms. The predicted molar refractivity (Wildman–Crippen MR) is 109 cm³/mol. The van der Waals surface area contributed by atoms with Gasteiger partial charge in [-0.3, -0.25) is 4.90 Å². The zero-order valence-corrected chi connectivity index (χ0v) is 16.8. The number of rotatable bonds is 6. The molecule has 1 fully saturated rings. The topological polar surface area (TPSA) is 32.7 Å². The van der Waals surface area contributed by atoms with Crippen LogP contribution in [-0.2, 0) is 12.8 Å². The number of alkyl halides is 1. The lowest BCUT2D eigenvalue weighted by Crippen LogP contribution is -2.48. The Kier molecular flexibility index (Phi) is 7.36. The molecule has 0 amide bonds. The van der Waals surface area contributed by atoms with E-state index < -0.39 is 17.3 Å². The summed E-state index contributed by atoms with van der Waals surface area (Å²) in [6, 6.07) is 18.6. The maximum Gasteiger partial charge on any atom is 0.166 e. The first-order chi connectivity index (χ1) is 12.1.